The number of carboxylic acids is 1. The van der Waals surface area contributed by atoms with Crippen molar-refractivity contribution < 1.29 is 72.5 Å². The number of nitrogens with zero attached hydrogens (tertiary/aromatic N) is 4. The van der Waals surface area contributed by atoms with Gasteiger partial charge in [-0.25, -0.2) is 4.98 Å². The van der Waals surface area contributed by atoms with E-state index < -0.39 is 180 Å². The topological polar surface area (TPSA) is 524 Å². The molecule has 12 atom stereocenters. The van der Waals surface area contributed by atoms with Crippen molar-refractivity contribution in [2.24, 2.45) is 23.5 Å². The lowest BCUT2D eigenvalue weighted by Gasteiger charge is -2.29. The van der Waals surface area contributed by atoms with Crippen molar-refractivity contribution in [2.75, 3.05) is 6.54 Å². The molecule has 5 heterocycles. The van der Waals surface area contributed by atoms with Gasteiger partial charge in [-0.05, 0) is 127 Å². The minimum atomic E-state index is -1.63. The lowest BCUT2D eigenvalue weighted by Crippen LogP contribution is -2.61. The normalized spacial score (nSPS) is 23.1. The van der Waals surface area contributed by atoms with Crippen LogP contribution in [0.15, 0.2) is 79.6 Å². The summed E-state index contributed by atoms with van der Waals surface area (Å²) in [6, 6.07) is -0.868. The largest absolute Gasteiger partial charge is 0.481 e. The molecule has 19 N–H and O–H groups in total. The molecular weight excluding hydrogens is 1420 g/mol. The molecule has 2 aromatic carbocycles. The zero-order chi connectivity index (χ0) is 80.7. The third-order valence-corrected chi connectivity index (χ3v) is 18.5. The number of carbonyl (C=O) groups excluding carboxylic acids is 12. The molecule has 0 saturated heterocycles. The number of carboxylic acid groups (broad SMARTS) is 1. The number of amides is 12. The van der Waals surface area contributed by atoms with Crippen molar-refractivity contribution in [3.8, 4) is 0 Å². The molecule has 6 aromatic rings. The molecule has 598 valence electrons. The van der Waals surface area contributed by atoms with Gasteiger partial charge in [-0.15, -0.1) is 5.10 Å². The Bertz CT molecular complexity index is 4180. The van der Waals surface area contributed by atoms with Gasteiger partial charge in [-0.1, -0.05) is 83.2 Å². The average Bonchev–Trinajstić information content (AvgIpc) is 1.63. The number of aliphatic hydroxyl groups excluding tert-OH is 1. The highest BCUT2D eigenvalue weighted by molar-refractivity contribution is 6.00. The molecule has 0 fully saturated rings. The number of aromatic nitrogens is 7. The predicted octanol–water partition coefficient (Wildman–Crippen LogP) is 0.0283. The molecule has 0 unspecified atom stereocenters. The smallest absolute Gasteiger partial charge is 0.303 e. The van der Waals surface area contributed by atoms with Crippen LogP contribution in [0.3, 0.4) is 0 Å². The molecule has 35 nitrogen and oxygen atoms in total. The summed E-state index contributed by atoms with van der Waals surface area (Å²) in [4.78, 5) is 198. The highest BCUT2D eigenvalue weighted by atomic mass is 16.4. The summed E-state index contributed by atoms with van der Waals surface area (Å²) in [5.41, 5.74) is 8.41. The first kappa shape index (κ1) is 86.1. The third kappa shape index (κ3) is 26.4. The van der Waals surface area contributed by atoms with Gasteiger partial charge in [0.15, 0.2) is 0 Å². The summed E-state index contributed by atoms with van der Waals surface area (Å²) in [5.74, 6) is -13.0. The van der Waals surface area contributed by atoms with Crippen molar-refractivity contribution in [3.05, 3.63) is 102 Å². The van der Waals surface area contributed by atoms with Crippen LogP contribution in [-0.2, 0) is 94.6 Å². The van der Waals surface area contributed by atoms with Gasteiger partial charge in [0.1, 0.15) is 60.4 Å². The minimum Gasteiger partial charge on any atom is -0.481 e. The number of aliphatic hydroxyl groups is 1. The van der Waals surface area contributed by atoms with Gasteiger partial charge in [-0.2, -0.15) is 0 Å². The molecule has 0 aliphatic carbocycles. The maximum atomic E-state index is 15.0. The number of nitrogens with one attached hydrogen (secondary N) is 15. The van der Waals surface area contributed by atoms with Gasteiger partial charge < -0.3 is 94.7 Å². The van der Waals surface area contributed by atoms with Crippen LogP contribution in [0.4, 0.5) is 0 Å². The Kier molecular flexibility index (Phi) is 31.6. The molecule has 0 radical (unpaired) electrons. The van der Waals surface area contributed by atoms with Gasteiger partial charge in [0.25, 0.3) is 0 Å². The lowest BCUT2D eigenvalue weighted by molar-refractivity contribution is -0.138. The van der Waals surface area contributed by atoms with E-state index >= 15 is 0 Å². The number of carbonyl (C=O) groups is 13. The van der Waals surface area contributed by atoms with Crippen molar-refractivity contribution in [3.63, 3.8) is 0 Å². The first-order chi connectivity index (χ1) is 52.0. The fraction of sp³-hybridized carbons (Fsp3) is 0.547. The van der Waals surface area contributed by atoms with Gasteiger partial charge in [0, 0.05) is 84.4 Å². The molecule has 12 amide bonds. The van der Waals surface area contributed by atoms with Crippen LogP contribution in [0.2, 0.25) is 0 Å². The monoisotopic (exact) mass is 1530 g/mol. The highest BCUT2D eigenvalue weighted by Crippen LogP contribution is 2.23. The number of rotatable bonds is 19. The zero-order valence-corrected chi connectivity index (χ0v) is 64.1. The van der Waals surface area contributed by atoms with Gasteiger partial charge in [0.2, 0.25) is 70.9 Å². The van der Waals surface area contributed by atoms with Gasteiger partial charge >= 0.3 is 5.97 Å². The first-order valence-electron chi connectivity index (χ1n) is 37.3. The van der Waals surface area contributed by atoms with Crippen LogP contribution < -0.4 is 69.5 Å². The van der Waals surface area contributed by atoms with E-state index in [0.29, 0.717) is 39.8 Å². The quantitative estimate of drug-likeness (QED) is 0.0508. The van der Waals surface area contributed by atoms with Crippen LogP contribution in [0.5, 0.6) is 0 Å². The molecule has 0 saturated carbocycles. The van der Waals surface area contributed by atoms with Crippen LogP contribution in [-0.4, -0.2) is 207 Å². The number of nitrogens with two attached hydrogens (primary N) is 1. The van der Waals surface area contributed by atoms with Crippen molar-refractivity contribution in [2.45, 2.75) is 238 Å². The highest BCUT2D eigenvalue weighted by Gasteiger charge is 2.38. The maximum absolute atomic E-state index is 15.0. The maximum Gasteiger partial charge on any atom is 0.303 e. The Morgan fingerprint density at radius 2 is 1.15 bits per heavy atom. The number of imidazole rings is 1. The van der Waals surface area contributed by atoms with Gasteiger partial charge in [0.05, 0.1) is 36.4 Å². The number of primary amides is 1. The fourth-order valence-electron chi connectivity index (χ4n) is 12.8. The second-order valence-corrected chi connectivity index (χ2v) is 30.3. The van der Waals surface area contributed by atoms with Crippen molar-refractivity contribution in [1.29, 1.82) is 0 Å². The average molecular weight is 1530 g/mol. The lowest BCUT2D eigenvalue weighted by atomic mass is 9.98. The summed E-state index contributed by atoms with van der Waals surface area (Å²) in [5, 5.41) is 63.1. The van der Waals surface area contributed by atoms with Crippen LogP contribution in [0.25, 0.3) is 21.8 Å². The SMILES string of the molecule is CC(C)C[C@@H]1NC(=O)[C@H](Cc2c[nH]cn2)NC(=O)[C@H](Cc2c[nH]c3ccccc23)NC(=O)[C@H](C)NC(=O)[C@@H](NC(C)(C)C)CCc2cn(nn2)CCCC[C@@H](C(=O)N[C@H](C(N)=O)[C@@H](C)O)NC(=O)[C@H](Cc2c[nH]c3ccccc23)NC(=O)[C@H](C(C)C)NC(=O)[C@H](CC(C)C)NC(=O)[C@H](CCC(=O)O)NC(=O)CNC1=O. The number of hydrogen-bond donors (Lipinski definition) is 18. The van der Waals surface area contributed by atoms with Gasteiger partial charge in [-0.3, -0.25) is 67.0 Å². The Morgan fingerprint density at radius 3 is 1.70 bits per heavy atom. The second kappa shape index (κ2) is 40.4. The van der Waals surface area contributed by atoms with E-state index in [1.54, 1.807) is 95.1 Å². The van der Waals surface area contributed by atoms with E-state index in [2.05, 4.69) is 94.0 Å². The number of para-hydroxylation sites is 2. The third-order valence-electron chi connectivity index (χ3n) is 18.5. The standard InChI is InChI=1S/C75H108N20O15/c1-39(2)28-55-66(102)80-36-60(97)83-53(25-26-61(98)99)67(103)87-56(29-40(3)4)73(109)90-62(41(5)6)74(110)89-58(31-45-34-79-51-21-15-13-19-49(45)51)70(106)84-52(68(104)91-63(43(8)96)64(76)100)22-16-17-27-95-37-46(93-94-95)23-24-54(92-75(9,10)11)69(105)82-42(7)65(101)85-57(30-44-33-78-50-20-14-12-18-48(44)50)71(107)88-59(72(108)86-55)32-47-35-77-38-81-47/h12-15,18-21,33-35,37-43,52-59,62-63,78-79,92,96H,16-17,22-32,36H2,1-11H3,(H2,76,100)(H,77,81)(H,80,102)(H,82,105)(H,83,97)(H,84,106)(H,85,101)(H,86,108)(H,87,103)(H,88,107)(H,89,110)(H,90,109)(H,91,104)(H,98,99)/t42-,43+,52-,53-,54-,55-,56-,57-,58-,59-,62-,63-/m0/s1. The van der Waals surface area contributed by atoms with E-state index in [-0.39, 0.29) is 76.2 Å². The summed E-state index contributed by atoms with van der Waals surface area (Å²) < 4.78 is 1.56. The summed E-state index contributed by atoms with van der Waals surface area (Å²) in [7, 11) is 0. The first-order valence-corrected chi connectivity index (χ1v) is 37.3. The number of hydrogen-bond acceptors (Lipinski definition) is 18. The molecule has 110 heavy (non-hydrogen) atoms. The Labute approximate surface area is 637 Å². The molecule has 0 spiro atoms. The van der Waals surface area contributed by atoms with E-state index in [0.717, 1.165) is 10.9 Å². The number of aryl methyl sites for hydroxylation is 2. The molecule has 4 aromatic heterocycles. The van der Waals surface area contributed by atoms with Crippen LogP contribution >= 0.6 is 0 Å². The molecule has 35 heteroatoms. The van der Waals surface area contributed by atoms with E-state index in [1.807, 2.05) is 39.0 Å². The van der Waals surface area contributed by atoms with Crippen LogP contribution in [0.1, 0.15) is 150 Å². The molecule has 1 aliphatic heterocycles. The Morgan fingerprint density at radius 1 is 0.618 bits per heavy atom. The van der Waals surface area contributed by atoms with Crippen molar-refractivity contribution >= 4 is 98.7 Å². The number of H-pyrrole nitrogens is 3. The molecule has 1 aliphatic rings. The summed E-state index contributed by atoms with van der Waals surface area (Å²) in [6.45, 7) is 18.0. The second-order valence-electron chi connectivity index (χ2n) is 30.3. The molecular formula is C75H108N20O15. The molecule has 2 bridgehead atoms. The van der Waals surface area contributed by atoms with Crippen LogP contribution in [0, 0.1) is 17.8 Å². The number of fused-ring (bicyclic) bond motifs is 4. The molecule has 7 rings (SSSR count). The van der Waals surface area contributed by atoms with Crippen molar-refractivity contribution in [1.82, 2.24) is 98.7 Å². The number of aromatic amines is 3. The number of benzene rings is 2. The number of aliphatic carboxylic acids is 1. The Balaban J connectivity index is 1.23. The van der Waals surface area contributed by atoms with E-state index in [1.165, 1.54) is 26.4 Å². The van der Waals surface area contributed by atoms with E-state index in [9.17, 15) is 72.5 Å². The van der Waals surface area contributed by atoms with E-state index in [4.69, 9.17) is 5.73 Å². The summed E-state index contributed by atoms with van der Waals surface area (Å²) >= 11 is 0. The Hall–Kier alpha value is -11.1. The zero-order valence-electron chi connectivity index (χ0n) is 64.1. The predicted molar refractivity (Wildman–Crippen MR) is 405 cm³/mol. The minimum absolute atomic E-state index is 0.00406. The summed E-state index contributed by atoms with van der Waals surface area (Å²) in [6.07, 6.45) is 5.58. The fourth-order valence-corrected chi connectivity index (χ4v) is 12.8.